The predicted octanol–water partition coefficient (Wildman–Crippen LogP) is 4.78. The summed E-state index contributed by atoms with van der Waals surface area (Å²) in [5.41, 5.74) is -0.761. The van der Waals surface area contributed by atoms with Crippen LogP contribution in [-0.4, -0.2) is 54.1 Å². The molecule has 4 rings (SSSR count). The first-order valence-corrected chi connectivity index (χ1v) is 14.4. The zero-order valence-electron chi connectivity index (χ0n) is 25.3. The molecule has 9 heteroatoms. The van der Waals surface area contributed by atoms with Crippen molar-refractivity contribution in [3.05, 3.63) is 59.2 Å². The van der Waals surface area contributed by atoms with E-state index < -0.39 is 59.3 Å². The molecule has 42 heavy (non-hydrogen) atoms. The van der Waals surface area contributed by atoms with Gasteiger partial charge in [-0.1, -0.05) is 51.1 Å². The number of fused-ring (bicyclic) bond motifs is 2. The van der Waals surface area contributed by atoms with Crippen LogP contribution in [0.4, 0.5) is 0 Å². The van der Waals surface area contributed by atoms with Crippen molar-refractivity contribution in [2.75, 3.05) is 6.61 Å². The molecule has 0 N–H and O–H groups in total. The highest BCUT2D eigenvalue weighted by Crippen LogP contribution is 2.62. The molecule has 9 nitrogen and oxygen atoms in total. The predicted molar refractivity (Wildman–Crippen MR) is 152 cm³/mol. The summed E-state index contributed by atoms with van der Waals surface area (Å²) in [7, 11) is 0. The van der Waals surface area contributed by atoms with Crippen LogP contribution >= 0.6 is 0 Å². The van der Waals surface area contributed by atoms with E-state index in [0.29, 0.717) is 23.1 Å². The van der Waals surface area contributed by atoms with Crippen LogP contribution in [0.1, 0.15) is 71.7 Å². The Morgan fingerprint density at radius 1 is 0.952 bits per heavy atom. The first-order valence-electron chi connectivity index (χ1n) is 14.4. The molecular formula is C33H40O9. The molecular weight excluding hydrogens is 540 g/mol. The van der Waals surface area contributed by atoms with Crippen molar-refractivity contribution in [1.82, 2.24) is 0 Å². The summed E-state index contributed by atoms with van der Waals surface area (Å²) >= 11 is 0. The maximum atomic E-state index is 14.5. The Morgan fingerprint density at radius 3 is 2.21 bits per heavy atom. The fourth-order valence-electron chi connectivity index (χ4n) is 6.90. The zero-order chi connectivity index (χ0) is 31.0. The molecule has 0 aromatic heterocycles. The van der Waals surface area contributed by atoms with E-state index in [1.165, 1.54) is 20.8 Å². The molecule has 0 radical (unpaired) electrons. The Labute approximate surface area is 246 Å². The van der Waals surface area contributed by atoms with Gasteiger partial charge >= 0.3 is 23.9 Å². The highest BCUT2D eigenvalue weighted by atomic mass is 16.6. The number of rotatable bonds is 6. The van der Waals surface area contributed by atoms with Crippen molar-refractivity contribution in [1.29, 1.82) is 0 Å². The zero-order valence-corrected chi connectivity index (χ0v) is 25.3. The minimum absolute atomic E-state index is 0.0318. The van der Waals surface area contributed by atoms with Crippen LogP contribution in [0.5, 0.6) is 0 Å². The topological polar surface area (TPSA) is 122 Å². The summed E-state index contributed by atoms with van der Waals surface area (Å²) in [5, 5.41) is 0. The normalized spacial score (nSPS) is 32.9. The molecule has 1 aromatic rings. The third kappa shape index (κ3) is 6.05. The second-order valence-corrected chi connectivity index (χ2v) is 12.4. The van der Waals surface area contributed by atoms with Crippen LogP contribution in [0.3, 0.4) is 0 Å². The summed E-state index contributed by atoms with van der Waals surface area (Å²) in [6.45, 7) is 11.3. The lowest BCUT2D eigenvalue weighted by molar-refractivity contribution is -0.179. The van der Waals surface area contributed by atoms with Gasteiger partial charge in [0.2, 0.25) is 5.78 Å². The van der Waals surface area contributed by atoms with E-state index in [9.17, 15) is 24.0 Å². The highest BCUT2D eigenvalue weighted by Gasteiger charge is 2.65. The largest absolute Gasteiger partial charge is 0.461 e. The van der Waals surface area contributed by atoms with E-state index >= 15 is 0 Å². The minimum atomic E-state index is -1.82. The Balaban J connectivity index is 1.94. The molecule has 2 saturated carbocycles. The molecule has 2 fully saturated rings. The Kier molecular flexibility index (Phi) is 8.81. The first-order chi connectivity index (χ1) is 19.7. The third-order valence-electron chi connectivity index (χ3n) is 9.03. The smallest absolute Gasteiger partial charge is 0.338 e. The average molecular weight is 581 g/mol. The van der Waals surface area contributed by atoms with Gasteiger partial charge in [0.05, 0.1) is 11.5 Å². The van der Waals surface area contributed by atoms with Gasteiger partial charge in [-0.25, -0.2) is 4.79 Å². The second kappa shape index (κ2) is 11.9. The van der Waals surface area contributed by atoms with E-state index in [1.807, 2.05) is 12.2 Å². The van der Waals surface area contributed by atoms with Gasteiger partial charge in [-0.05, 0) is 54.2 Å². The number of Topliss-reactive ketones (excluding diaryl/α,β-unsaturated/α-hetero) is 1. The van der Waals surface area contributed by atoms with E-state index in [-0.39, 0.29) is 30.3 Å². The summed E-state index contributed by atoms with van der Waals surface area (Å²) in [6.07, 6.45) is 2.24. The van der Waals surface area contributed by atoms with Crippen LogP contribution in [0, 0.1) is 29.1 Å². The molecule has 226 valence electrons. The lowest BCUT2D eigenvalue weighted by Gasteiger charge is -2.40. The summed E-state index contributed by atoms with van der Waals surface area (Å²) < 4.78 is 23.4. The SMILES string of the molecule is CC(=O)OCC1=CC[C@H]2[C@@H](/C=C(/C)C(=O)[C@@]3(OC(C)=O)C[C@H](C)[C@H](OC(=O)c4ccccc4)[C@@H]3[C@H]1OC(C)=O)C2(C)C. The number of esters is 4. The van der Waals surface area contributed by atoms with Gasteiger partial charge in [-0.3, -0.25) is 19.2 Å². The van der Waals surface area contributed by atoms with E-state index in [1.54, 1.807) is 44.2 Å². The first kappa shape index (κ1) is 31.2. The van der Waals surface area contributed by atoms with Gasteiger partial charge in [-0.15, -0.1) is 0 Å². The Morgan fingerprint density at radius 2 is 1.62 bits per heavy atom. The Bertz CT molecular complexity index is 1320. The van der Waals surface area contributed by atoms with Crippen LogP contribution in [0.2, 0.25) is 0 Å². The Hall–Kier alpha value is -3.75. The molecule has 7 atom stereocenters. The standard InChI is InChI=1S/C33H40O9/c1-18-15-26-25(32(26,6)7)14-13-24(17-39-20(3)34)29(40-21(4)35)27-28(41-31(38)23-11-9-8-10-12-23)19(2)16-33(27,30(18)37)42-22(5)36/h8-13,15,19,25-29H,14,16-17H2,1-7H3/b18-15-,24-13?/t19-,25-,26+,27+,28-,29-,33+/m0/s1. The van der Waals surface area contributed by atoms with Gasteiger partial charge < -0.3 is 18.9 Å². The van der Waals surface area contributed by atoms with Gasteiger partial charge in [0.1, 0.15) is 18.8 Å². The van der Waals surface area contributed by atoms with E-state index in [4.69, 9.17) is 18.9 Å². The molecule has 0 spiro atoms. The van der Waals surface area contributed by atoms with Crippen LogP contribution in [0.15, 0.2) is 53.6 Å². The number of hydrogen-bond acceptors (Lipinski definition) is 9. The van der Waals surface area contributed by atoms with Crippen molar-refractivity contribution in [2.24, 2.45) is 29.1 Å². The third-order valence-corrected chi connectivity index (χ3v) is 9.03. The molecule has 1 aromatic carbocycles. The number of carbonyl (C=O) groups excluding carboxylic acids is 5. The summed E-state index contributed by atoms with van der Waals surface area (Å²) in [6, 6.07) is 8.40. The van der Waals surface area contributed by atoms with Gasteiger partial charge in [-0.2, -0.15) is 0 Å². The molecule has 0 bridgehead atoms. The molecule has 0 unspecified atom stereocenters. The summed E-state index contributed by atoms with van der Waals surface area (Å²) in [4.78, 5) is 65.1. The summed E-state index contributed by atoms with van der Waals surface area (Å²) in [5.74, 6) is -4.28. The van der Waals surface area contributed by atoms with Crippen LogP contribution in [0.25, 0.3) is 0 Å². The van der Waals surface area contributed by atoms with Crippen molar-refractivity contribution in [3.8, 4) is 0 Å². The fraction of sp³-hybridized carbons (Fsp3) is 0.545. The minimum Gasteiger partial charge on any atom is -0.461 e. The maximum absolute atomic E-state index is 14.5. The van der Waals surface area contributed by atoms with Crippen molar-refractivity contribution < 1.29 is 42.9 Å². The number of benzene rings is 1. The van der Waals surface area contributed by atoms with E-state index in [2.05, 4.69) is 13.8 Å². The second-order valence-electron chi connectivity index (χ2n) is 12.4. The van der Waals surface area contributed by atoms with Crippen molar-refractivity contribution in [2.45, 2.75) is 79.1 Å². The number of ether oxygens (including phenoxy) is 4. The lowest BCUT2D eigenvalue weighted by Crippen LogP contribution is -2.55. The van der Waals surface area contributed by atoms with Crippen molar-refractivity contribution >= 4 is 29.7 Å². The highest BCUT2D eigenvalue weighted by molar-refractivity contribution is 6.03. The van der Waals surface area contributed by atoms with Gasteiger partial charge in [0.15, 0.2) is 5.60 Å². The van der Waals surface area contributed by atoms with Crippen LogP contribution < -0.4 is 0 Å². The van der Waals surface area contributed by atoms with Crippen LogP contribution in [-0.2, 0) is 38.1 Å². The number of carbonyl (C=O) groups is 5. The monoisotopic (exact) mass is 580 g/mol. The maximum Gasteiger partial charge on any atom is 0.338 e. The van der Waals surface area contributed by atoms with Gasteiger partial charge in [0, 0.05) is 32.8 Å². The van der Waals surface area contributed by atoms with E-state index in [0.717, 1.165) is 0 Å². The van der Waals surface area contributed by atoms with Crippen molar-refractivity contribution in [3.63, 3.8) is 0 Å². The fourth-order valence-corrected chi connectivity index (χ4v) is 6.90. The molecule has 0 saturated heterocycles. The number of hydrogen-bond donors (Lipinski definition) is 0. The molecule has 0 amide bonds. The van der Waals surface area contributed by atoms with Gasteiger partial charge in [0.25, 0.3) is 0 Å². The number of allylic oxidation sites excluding steroid dienone is 2. The lowest BCUT2D eigenvalue weighted by atomic mass is 9.76. The quantitative estimate of drug-likeness (QED) is 0.266. The molecule has 3 aliphatic carbocycles. The molecule has 3 aliphatic rings. The molecule has 0 heterocycles. The molecule has 0 aliphatic heterocycles. The number of ketones is 1. The average Bonchev–Trinajstić information content (AvgIpc) is 3.30.